The molecule has 1 aromatic carbocycles. The predicted octanol–water partition coefficient (Wildman–Crippen LogP) is 2.32. The monoisotopic (exact) mass is 266 g/mol. The predicted molar refractivity (Wildman–Crippen MR) is 70.3 cm³/mol. The van der Waals surface area contributed by atoms with Crippen LogP contribution < -0.4 is 5.32 Å². The fourth-order valence-electron chi connectivity index (χ4n) is 2.12. The summed E-state index contributed by atoms with van der Waals surface area (Å²) in [5.74, 6) is -0.293. The molecule has 1 aromatic rings. The van der Waals surface area contributed by atoms with Crippen molar-refractivity contribution in [2.75, 3.05) is 20.3 Å². The lowest BCUT2D eigenvalue weighted by molar-refractivity contribution is 0.175. The third-order valence-electron chi connectivity index (χ3n) is 3.51. The van der Waals surface area contributed by atoms with Gasteiger partial charge in [-0.05, 0) is 19.4 Å². The highest BCUT2D eigenvalue weighted by Crippen LogP contribution is 2.21. The Kier molecular flexibility index (Phi) is 4.37. The fourth-order valence-corrected chi connectivity index (χ4v) is 2.12. The molecule has 1 aliphatic rings. The molecule has 1 fully saturated rings. The molecule has 1 heterocycles. The summed E-state index contributed by atoms with van der Waals surface area (Å²) in [6.45, 7) is 3.04. The molecule has 1 N–H and O–H groups in total. The van der Waals surface area contributed by atoms with Crippen molar-refractivity contribution in [2.24, 2.45) is 0 Å². The molecule has 5 heteroatoms. The summed E-state index contributed by atoms with van der Waals surface area (Å²) in [6, 6.07) is 6.05. The lowest BCUT2D eigenvalue weighted by atomic mass is 10.1. The molecule has 104 valence electrons. The van der Waals surface area contributed by atoms with Gasteiger partial charge >= 0.3 is 6.03 Å². The zero-order chi connectivity index (χ0) is 13.8. The summed E-state index contributed by atoms with van der Waals surface area (Å²) in [6.07, 6.45) is 0.827. The molecule has 1 saturated heterocycles. The molecular formula is C14H19FN2O2. The molecule has 0 saturated carbocycles. The fraction of sp³-hybridized carbons (Fsp3) is 0.500. The van der Waals surface area contributed by atoms with Crippen molar-refractivity contribution in [1.29, 1.82) is 0 Å². The Morgan fingerprint density at radius 2 is 2.26 bits per heavy atom. The summed E-state index contributed by atoms with van der Waals surface area (Å²) < 4.78 is 18.9. The van der Waals surface area contributed by atoms with Crippen molar-refractivity contribution in [3.8, 4) is 0 Å². The maximum Gasteiger partial charge on any atom is 0.317 e. The van der Waals surface area contributed by atoms with Gasteiger partial charge in [0.15, 0.2) is 0 Å². The molecule has 0 spiro atoms. The number of carbonyl (C=O) groups excluding carboxylic acids is 1. The highest BCUT2D eigenvalue weighted by atomic mass is 19.1. The van der Waals surface area contributed by atoms with Gasteiger partial charge in [-0.25, -0.2) is 9.18 Å². The minimum absolute atomic E-state index is 0.0581. The standard InChI is InChI=1S/C14H19FN2O2/c1-10(12-5-3-4-6-13(12)15)17(2)14(18)16-11-7-8-19-9-11/h3-6,10-11H,7-9H2,1-2H3,(H,16,18). The number of halogens is 1. The second kappa shape index (κ2) is 6.02. The van der Waals surface area contributed by atoms with Crippen LogP contribution in [0.5, 0.6) is 0 Å². The van der Waals surface area contributed by atoms with E-state index >= 15 is 0 Å². The van der Waals surface area contributed by atoms with E-state index < -0.39 is 0 Å². The van der Waals surface area contributed by atoms with E-state index in [9.17, 15) is 9.18 Å². The van der Waals surface area contributed by atoms with Crippen LogP contribution in [0.2, 0.25) is 0 Å². The van der Waals surface area contributed by atoms with Crippen molar-refractivity contribution in [3.63, 3.8) is 0 Å². The second-order valence-corrected chi connectivity index (χ2v) is 4.82. The molecule has 0 bridgehead atoms. The van der Waals surface area contributed by atoms with Crippen LogP contribution in [-0.4, -0.2) is 37.2 Å². The van der Waals surface area contributed by atoms with Crippen molar-refractivity contribution in [1.82, 2.24) is 10.2 Å². The van der Waals surface area contributed by atoms with E-state index in [1.54, 1.807) is 25.2 Å². The third kappa shape index (κ3) is 3.23. The number of nitrogens with zero attached hydrogens (tertiary/aromatic N) is 1. The van der Waals surface area contributed by atoms with Crippen LogP contribution in [0.4, 0.5) is 9.18 Å². The van der Waals surface area contributed by atoms with E-state index in [4.69, 9.17) is 4.74 Å². The summed E-state index contributed by atoms with van der Waals surface area (Å²) >= 11 is 0. The van der Waals surface area contributed by atoms with Gasteiger partial charge in [0.25, 0.3) is 0 Å². The molecule has 0 radical (unpaired) electrons. The number of urea groups is 1. The van der Waals surface area contributed by atoms with Crippen LogP contribution in [0.25, 0.3) is 0 Å². The van der Waals surface area contributed by atoms with Crippen LogP contribution in [0.3, 0.4) is 0 Å². The van der Waals surface area contributed by atoms with Gasteiger partial charge in [0.05, 0.1) is 18.7 Å². The summed E-state index contributed by atoms with van der Waals surface area (Å²) in [4.78, 5) is 13.6. The van der Waals surface area contributed by atoms with Crippen molar-refractivity contribution >= 4 is 6.03 Å². The van der Waals surface area contributed by atoms with Crippen LogP contribution in [-0.2, 0) is 4.74 Å². The zero-order valence-electron chi connectivity index (χ0n) is 11.2. The lowest BCUT2D eigenvalue weighted by Gasteiger charge is -2.27. The number of benzene rings is 1. The minimum atomic E-state index is -0.316. The van der Waals surface area contributed by atoms with Gasteiger partial charge in [-0.2, -0.15) is 0 Å². The quantitative estimate of drug-likeness (QED) is 0.912. The van der Waals surface area contributed by atoms with E-state index in [0.29, 0.717) is 18.8 Å². The first-order chi connectivity index (χ1) is 9.09. The van der Waals surface area contributed by atoms with Gasteiger partial charge in [0.1, 0.15) is 5.82 Å². The third-order valence-corrected chi connectivity index (χ3v) is 3.51. The van der Waals surface area contributed by atoms with E-state index in [-0.39, 0.29) is 23.9 Å². The first-order valence-corrected chi connectivity index (χ1v) is 6.45. The van der Waals surface area contributed by atoms with E-state index in [1.165, 1.54) is 11.0 Å². The Balaban J connectivity index is 2.00. The number of amides is 2. The molecule has 0 aliphatic carbocycles. The van der Waals surface area contributed by atoms with Crippen molar-refractivity contribution < 1.29 is 13.9 Å². The molecule has 0 aromatic heterocycles. The Bertz CT molecular complexity index is 447. The van der Waals surface area contributed by atoms with E-state index in [1.807, 2.05) is 6.92 Å². The average molecular weight is 266 g/mol. The Hall–Kier alpha value is -1.62. The maximum atomic E-state index is 13.7. The van der Waals surface area contributed by atoms with E-state index in [2.05, 4.69) is 5.32 Å². The number of carbonyl (C=O) groups is 1. The first kappa shape index (κ1) is 13.8. The highest BCUT2D eigenvalue weighted by Gasteiger charge is 2.23. The summed E-state index contributed by atoms with van der Waals surface area (Å²) in [5, 5.41) is 2.89. The highest BCUT2D eigenvalue weighted by molar-refractivity contribution is 5.74. The molecule has 2 amide bonds. The molecule has 1 aliphatic heterocycles. The minimum Gasteiger partial charge on any atom is -0.379 e. The van der Waals surface area contributed by atoms with Gasteiger partial charge in [-0.15, -0.1) is 0 Å². The van der Waals surface area contributed by atoms with Crippen LogP contribution in [0, 0.1) is 5.82 Å². The molecular weight excluding hydrogens is 247 g/mol. The number of rotatable bonds is 3. The number of hydrogen-bond acceptors (Lipinski definition) is 2. The summed E-state index contributed by atoms with van der Waals surface area (Å²) in [7, 11) is 1.67. The second-order valence-electron chi connectivity index (χ2n) is 4.82. The van der Waals surface area contributed by atoms with Gasteiger partial charge in [-0.3, -0.25) is 0 Å². The van der Waals surface area contributed by atoms with Crippen LogP contribution in [0.15, 0.2) is 24.3 Å². The molecule has 2 atom stereocenters. The van der Waals surface area contributed by atoms with Gasteiger partial charge in [0.2, 0.25) is 0 Å². The number of ether oxygens (including phenoxy) is 1. The van der Waals surface area contributed by atoms with Crippen LogP contribution in [0.1, 0.15) is 24.9 Å². The van der Waals surface area contributed by atoms with Gasteiger partial charge in [0, 0.05) is 19.2 Å². The number of hydrogen-bond donors (Lipinski definition) is 1. The van der Waals surface area contributed by atoms with Crippen molar-refractivity contribution in [2.45, 2.75) is 25.4 Å². The Morgan fingerprint density at radius 1 is 1.53 bits per heavy atom. The zero-order valence-corrected chi connectivity index (χ0v) is 11.2. The molecule has 2 unspecified atom stereocenters. The van der Waals surface area contributed by atoms with Gasteiger partial charge < -0.3 is 15.0 Å². The summed E-state index contributed by atoms with van der Waals surface area (Å²) in [5.41, 5.74) is 0.517. The molecule has 4 nitrogen and oxygen atoms in total. The molecule has 2 rings (SSSR count). The smallest absolute Gasteiger partial charge is 0.317 e. The molecule has 19 heavy (non-hydrogen) atoms. The van der Waals surface area contributed by atoms with E-state index in [0.717, 1.165) is 6.42 Å². The van der Waals surface area contributed by atoms with Gasteiger partial charge in [-0.1, -0.05) is 18.2 Å². The Labute approximate surface area is 112 Å². The first-order valence-electron chi connectivity index (χ1n) is 6.45. The maximum absolute atomic E-state index is 13.7. The number of nitrogens with one attached hydrogen (secondary N) is 1. The largest absolute Gasteiger partial charge is 0.379 e. The lowest BCUT2D eigenvalue weighted by Crippen LogP contribution is -2.44. The average Bonchev–Trinajstić information content (AvgIpc) is 2.90. The SMILES string of the molecule is CC(c1ccccc1F)N(C)C(=O)NC1CCOC1. The normalized spacial score (nSPS) is 20.1. The Morgan fingerprint density at radius 3 is 2.89 bits per heavy atom. The van der Waals surface area contributed by atoms with Crippen LogP contribution >= 0.6 is 0 Å². The van der Waals surface area contributed by atoms with Crippen molar-refractivity contribution in [3.05, 3.63) is 35.6 Å². The topological polar surface area (TPSA) is 41.6 Å².